The largest absolute Gasteiger partial charge is 0.467 e. The van der Waals surface area contributed by atoms with Crippen LogP contribution >= 0.6 is 0 Å². The van der Waals surface area contributed by atoms with Gasteiger partial charge in [0.1, 0.15) is 6.04 Å². The first-order valence-electron chi connectivity index (χ1n) is 7.84. The van der Waals surface area contributed by atoms with Gasteiger partial charge in [0.15, 0.2) is 0 Å². The van der Waals surface area contributed by atoms with Crippen LogP contribution in [0.4, 0.5) is 0 Å². The summed E-state index contributed by atoms with van der Waals surface area (Å²) in [6.07, 6.45) is 0.396. The zero-order chi connectivity index (χ0) is 17.3. The smallest absolute Gasteiger partial charge is 0.329 e. The van der Waals surface area contributed by atoms with Gasteiger partial charge in [-0.3, -0.25) is 4.57 Å². The van der Waals surface area contributed by atoms with Gasteiger partial charge in [-0.15, -0.1) is 0 Å². The number of esters is 1. The summed E-state index contributed by atoms with van der Waals surface area (Å²) in [5.41, 5.74) is 4.17. The number of fused-ring (bicyclic) bond motifs is 1. The van der Waals surface area contributed by atoms with Crippen molar-refractivity contribution < 1.29 is 9.53 Å². The molecule has 3 rings (SSSR count). The maximum atomic E-state index is 12.6. The average Bonchev–Trinajstić information content (AvgIpc) is 2.89. The van der Waals surface area contributed by atoms with Gasteiger partial charge >= 0.3 is 11.7 Å². The molecule has 0 saturated heterocycles. The molecule has 1 atom stereocenters. The van der Waals surface area contributed by atoms with Gasteiger partial charge in [0.25, 0.3) is 0 Å². The number of hydrogen-bond acceptors (Lipinski definition) is 3. The first-order chi connectivity index (χ1) is 11.5. The lowest BCUT2D eigenvalue weighted by Crippen LogP contribution is -2.30. The highest BCUT2D eigenvalue weighted by Crippen LogP contribution is 2.23. The molecule has 0 aliphatic heterocycles. The fourth-order valence-corrected chi connectivity index (χ4v) is 3.14. The van der Waals surface area contributed by atoms with E-state index < -0.39 is 12.0 Å². The molecule has 0 fully saturated rings. The molecule has 5 heteroatoms. The van der Waals surface area contributed by atoms with E-state index in [1.165, 1.54) is 11.7 Å². The Balaban J connectivity index is 2.18. The number of H-pyrrole nitrogens is 1. The standard InChI is InChI=1S/C19H20N2O3/c1-12-9-13(2)17-15(10-12)21(19(23)20-17)16(18(22)24-3)11-14-7-5-4-6-8-14/h4-10,16H,11H2,1-3H3,(H,20,23)/t16-/m1/s1. The molecule has 1 aromatic heterocycles. The topological polar surface area (TPSA) is 64.1 Å². The van der Waals surface area contributed by atoms with Gasteiger partial charge in [-0.2, -0.15) is 0 Å². The van der Waals surface area contributed by atoms with Crippen molar-refractivity contribution in [1.82, 2.24) is 9.55 Å². The van der Waals surface area contributed by atoms with Gasteiger partial charge in [0.2, 0.25) is 0 Å². The molecule has 0 radical (unpaired) electrons. The lowest BCUT2D eigenvalue weighted by atomic mass is 10.0. The Morgan fingerprint density at radius 3 is 2.58 bits per heavy atom. The predicted molar refractivity (Wildman–Crippen MR) is 93.2 cm³/mol. The lowest BCUT2D eigenvalue weighted by Gasteiger charge is -2.17. The SMILES string of the molecule is COC(=O)[C@@H](Cc1ccccc1)n1c(=O)[nH]c2c(C)cc(C)cc21. The normalized spacial score (nSPS) is 12.3. The van der Waals surface area contributed by atoms with Crippen molar-refractivity contribution in [3.63, 3.8) is 0 Å². The summed E-state index contributed by atoms with van der Waals surface area (Å²) in [6.45, 7) is 3.92. The van der Waals surface area contributed by atoms with Crippen LogP contribution in [0.5, 0.6) is 0 Å². The third-order valence-electron chi connectivity index (χ3n) is 4.23. The van der Waals surface area contributed by atoms with Crippen LogP contribution in [-0.2, 0) is 16.0 Å². The molecule has 2 aromatic carbocycles. The van der Waals surface area contributed by atoms with Crippen LogP contribution in [0.3, 0.4) is 0 Å². The Labute approximate surface area is 139 Å². The summed E-state index contributed by atoms with van der Waals surface area (Å²) in [4.78, 5) is 27.8. The molecule has 124 valence electrons. The van der Waals surface area contributed by atoms with Crippen molar-refractivity contribution in [3.8, 4) is 0 Å². The number of methoxy groups -OCH3 is 1. The number of carbonyl (C=O) groups is 1. The van der Waals surface area contributed by atoms with Gasteiger partial charge < -0.3 is 9.72 Å². The highest BCUT2D eigenvalue weighted by atomic mass is 16.5. The van der Waals surface area contributed by atoms with E-state index in [4.69, 9.17) is 4.74 Å². The zero-order valence-corrected chi connectivity index (χ0v) is 14.0. The maximum absolute atomic E-state index is 12.6. The van der Waals surface area contributed by atoms with E-state index in [1.807, 2.05) is 56.3 Å². The van der Waals surface area contributed by atoms with E-state index in [0.717, 1.165) is 27.7 Å². The number of carbonyl (C=O) groups excluding carboxylic acids is 1. The highest BCUT2D eigenvalue weighted by molar-refractivity contribution is 5.83. The molecule has 0 bridgehead atoms. The Hall–Kier alpha value is -2.82. The molecule has 1 heterocycles. The molecular weight excluding hydrogens is 304 g/mol. The third kappa shape index (κ3) is 2.85. The van der Waals surface area contributed by atoms with E-state index in [1.54, 1.807) is 0 Å². The zero-order valence-electron chi connectivity index (χ0n) is 14.0. The number of hydrogen-bond donors (Lipinski definition) is 1. The van der Waals surface area contributed by atoms with E-state index in [0.29, 0.717) is 6.42 Å². The summed E-state index contributed by atoms with van der Waals surface area (Å²) >= 11 is 0. The van der Waals surface area contributed by atoms with Crippen LogP contribution in [0.25, 0.3) is 11.0 Å². The third-order valence-corrected chi connectivity index (χ3v) is 4.23. The molecule has 0 aliphatic carbocycles. The van der Waals surface area contributed by atoms with Crippen LogP contribution in [-0.4, -0.2) is 22.6 Å². The van der Waals surface area contributed by atoms with Gasteiger partial charge in [0.05, 0.1) is 18.1 Å². The van der Waals surface area contributed by atoms with Gasteiger partial charge in [-0.1, -0.05) is 36.4 Å². The minimum atomic E-state index is -0.708. The predicted octanol–water partition coefficient (Wildman–Crippen LogP) is 2.90. The molecule has 24 heavy (non-hydrogen) atoms. The van der Waals surface area contributed by atoms with Crippen molar-refractivity contribution in [2.24, 2.45) is 0 Å². The molecule has 0 saturated carbocycles. The molecule has 0 spiro atoms. The molecule has 0 unspecified atom stereocenters. The monoisotopic (exact) mass is 324 g/mol. The fourth-order valence-electron chi connectivity index (χ4n) is 3.14. The maximum Gasteiger partial charge on any atom is 0.329 e. The molecule has 0 aliphatic rings. The molecule has 3 aromatic rings. The molecular formula is C19H20N2O3. The number of benzene rings is 2. The summed E-state index contributed by atoms with van der Waals surface area (Å²) < 4.78 is 6.47. The molecule has 0 amide bonds. The van der Waals surface area contributed by atoms with Crippen molar-refractivity contribution >= 4 is 17.0 Å². The lowest BCUT2D eigenvalue weighted by molar-refractivity contribution is -0.144. The first-order valence-corrected chi connectivity index (χ1v) is 7.84. The molecule has 1 N–H and O–H groups in total. The number of rotatable bonds is 4. The van der Waals surface area contributed by atoms with Crippen LogP contribution in [0.15, 0.2) is 47.3 Å². The second-order valence-corrected chi connectivity index (χ2v) is 6.00. The van der Waals surface area contributed by atoms with Crippen molar-refractivity contribution in [1.29, 1.82) is 0 Å². The Kier molecular flexibility index (Phi) is 4.25. The van der Waals surface area contributed by atoms with Crippen molar-refractivity contribution in [2.45, 2.75) is 26.3 Å². The van der Waals surface area contributed by atoms with Crippen molar-refractivity contribution in [3.05, 3.63) is 69.6 Å². The summed E-state index contributed by atoms with van der Waals surface area (Å²) in [5, 5.41) is 0. The van der Waals surface area contributed by atoms with E-state index in [-0.39, 0.29) is 5.69 Å². The van der Waals surface area contributed by atoms with E-state index >= 15 is 0 Å². The van der Waals surface area contributed by atoms with Crippen molar-refractivity contribution in [2.75, 3.05) is 7.11 Å². The van der Waals surface area contributed by atoms with Gasteiger partial charge in [-0.05, 0) is 36.6 Å². The minimum Gasteiger partial charge on any atom is -0.467 e. The van der Waals surface area contributed by atoms with Crippen LogP contribution in [0, 0.1) is 13.8 Å². The Morgan fingerprint density at radius 2 is 1.92 bits per heavy atom. The van der Waals surface area contributed by atoms with E-state index in [2.05, 4.69) is 4.98 Å². The summed E-state index contributed by atoms with van der Waals surface area (Å²) in [6, 6.07) is 12.8. The van der Waals surface area contributed by atoms with Crippen LogP contribution in [0.2, 0.25) is 0 Å². The number of aryl methyl sites for hydroxylation is 2. The fraction of sp³-hybridized carbons (Fsp3) is 0.263. The highest BCUT2D eigenvalue weighted by Gasteiger charge is 2.26. The van der Waals surface area contributed by atoms with E-state index in [9.17, 15) is 9.59 Å². The Bertz CT molecular complexity index is 938. The first kappa shape index (κ1) is 16.1. The number of ether oxygens (including phenoxy) is 1. The quantitative estimate of drug-likeness (QED) is 0.751. The Morgan fingerprint density at radius 1 is 1.21 bits per heavy atom. The minimum absolute atomic E-state index is 0.301. The second-order valence-electron chi connectivity index (χ2n) is 6.00. The number of nitrogens with one attached hydrogen (secondary N) is 1. The number of imidazole rings is 1. The average molecular weight is 324 g/mol. The van der Waals surface area contributed by atoms with Crippen LogP contribution < -0.4 is 5.69 Å². The number of aromatic amines is 1. The second kappa shape index (κ2) is 6.35. The number of aromatic nitrogens is 2. The summed E-state index contributed by atoms with van der Waals surface area (Å²) in [5.74, 6) is -0.430. The van der Waals surface area contributed by atoms with Gasteiger partial charge in [0, 0.05) is 6.42 Å². The van der Waals surface area contributed by atoms with Gasteiger partial charge in [-0.25, -0.2) is 9.59 Å². The number of nitrogens with zero attached hydrogens (tertiary/aromatic N) is 1. The van der Waals surface area contributed by atoms with Crippen LogP contribution in [0.1, 0.15) is 22.7 Å². The summed E-state index contributed by atoms with van der Waals surface area (Å²) in [7, 11) is 1.34. The molecule has 5 nitrogen and oxygen atoms in total.